The van der Waals surface area contributed by atoms with Crippen LogP contribution in [-0.2, 0) is 9.59 Å². The number of amides is 1. The number of rotatable bonds is 5. The summed E-state index contributed by atoms with van der Waals surface area (Å²) in [6.07, 6.45) is -4.97. The minimum atomic E-state index is -4.89. The van der Waals surface area contributed by atoms with E-state index in [2.05, 4.69) is 15.9 Å². The van der Waals surface area contributed by atoms with Crippen molar-refractivity contribution in [1.82, 2.24) is 4.90 Å². The third kappa shape index (κ3) is 4.96. The summed E-state index contributed by atoms with van der Waals surface area (Å²) in [6.45, 7) is 2.74. The van der Waals surface area contributed by atoms with E-state index in [0.717, 1.165) is 0 Å². The van der Waals surface area contributed by atoms with Crippen molar-refractivity contribution < 1.29 is 22.8 Å². The number of hydrogen-bond donors (Lipinski definition) is 0. The fraction of sp³-hybridized carbons (Fsp3) is 0.778. The molecule has 0 spiro atoms. The number of nitrogens with zero attached hydrogens (tertiary/aromatic N) is 1. The summed E-state index contributed by atoms with van der Waals surface area (Å²) >= 11 is 2.90. The quantitative estimate of drug-likeness (QED) is 0.730. The lowest BCUT2D eigenvalue weighted by molar-refractivity contribution is -0.187. The number of Topliss-reactive ketones (excluding diaryl/α,β-unsaturated/α-hetero) is 1. The molecule has 0 unspecified atom stereocenters. The number of alkyl halides is 4. The van der Waals surface area contributed by atoms with E-state index in [1.165, 1.54) is 13.8 Å². The molecule has 0 atom stereocenters. The molecular weight excluding hydrogens is 291 g/mol. The van der Waals surface area contributed by atoms with Gasteiger partial charge < -0.3 is 4.90 Å². The average molecular weight is 304 g/mol. The van der Waals surface area contributed by atoms with E-state index in [1.54, 1.807) is 0 Å². The molecule has 0 N–H and O–H groups in total. The Morgan fingerprint density at radius 3 is 2.12 bits per heavy atom. The van der Waals surface area contributed by atoms with Crippen molar-refractivity contribution in [3.63, 3.8) is 0 Å². The zero-order valence-corrected chi connectivity index (χ0v) is 10.6. The van der Waals surface area contributed by atoms with E-state index < -0.39 is 18.1 Å². The Labute approximate surface area is 100 Å². The van der Waals surface area contributed by atoms with Crippen LogP contribution in [0.2, 0.25) is 0 Å². The summed E-state index contributed by atoms with van der Waals surface area (Å²) in [4.78, 5) is 22.6. The second-order valence-electron chi connectivity index (χ2n) is 3.51. The summed E-state index contributed by atoms with van der Waals surface area (Å²) in [6, 6.07) is -0.586. The maximum absolute atomic E-state index is 12.2. The highest BCUT2D eigenvalue weighted by molar-refractivity contribution is 9.09. The first-order chi connectivity index (χ1) is 7.20. The maximum atomic E-state index is 12.2. The number of carbonyl (C=O) groups excluding carboxylic acids is 2. The molecule has 0 saturated carbocycles. The standard InChI is InChI=1S/C9H13BrF3NO2/c1-6(2)14(4-3-7(15)5-10)8(16)9(11,12)13/h6H,3-5H2,1-2H3. The van der Waals surface area contributed by atoms with Gasteiger partial charge in [0.1, 0.15) is 5.78 Å². The minimum absolute atomic E-state index is 0.0781. The average Bonchev–Trinajstić information content (AvgIpc) is 2.15. The van der Waals surface area contributed by atoms with Gasteiger partial charge in [-0.2, -0.15) is 13.2 Å². The van der Waals surface area contributed by atoms with Crippen molar-refractivity contribution in [3.05, 3.63) is 0 Å². The van der Waals surface area contributed by atoms with Crippen LogP contribution in [0, 0.1) is 0 Å². The van der Waals surface area contributed by atoms with E-state index in [0.29, 0.717) is 4.90 Å². The van der Waals surface area contributed by atoms with Crippen molar-refractivity contribution in [2.45, 2.75) is 32.5 Å². The summed E-state index contributed by atoms with van der Waals surface area (Å²) in [5.41, 5.74) is 0. The second kappa shape index (κ2) is 6.22. The smallest absolute Gasteiger partial charge is 0.332 e. The molecule has 0 fully saturated rings. The van der Waals surface area contributed by atoms with Crippen LogP contribution >= 0.6 is 15.9 Å². The van der Waals surface area contributed by atoms with Crippen LogP contribution in [0.3, 0.4) is 0 Å². The number of halogens is 4. The molecule has 0 aromatic carbocycles. The van der Waals surface area contributed by atoms with Gasteiger partial charge in [0.15, 0.2) is 0 Å². The molecule has 0 aliphatic carbocycles. The molecule has 0 aliphatic rings. The molecule has 3 nitrogen and oxygen atoms in total. The van der Waals surface area contributed by atoms with Gasteiger partial charge in [0.05, 0.1) is 5.33 Å². The highest BCUT2D eigenvalue weighted by Gasteiger charge is 2.43. The first-order valence-corrected chi connectivity index (χ1v) is 5.77. The molecule has 0 bridgehead atoms. The second-order valence-corrected chi connectivity index (χ2v) is 4.07. The highest BCUT2D eigenvalue weighted by atomic mass is 79.9. The summed E-state index contributed by atoms with van der Waals surface area (Å²) in [5.74, 6) is -2.13. The van der Waals surface area contributed by atoms with Gasteiger partial charge in [-0.15, -0.1) is 0 Å². The van der Waals surface area contributed by atoms with E-state index in [1.807, 2.05) is 0 Å². The molecule has 0 aromatic rings. The summed E-state index contributed by atoms with van der Waals surface area (Å²) in [7, 11) is 0. The lowest BCUT2D eigenvalue weighted by atomic mass is 10.2. The first kappa shape index (κ1) is 15.4. The van der Waals surface area contributed by atoms with Crippen molar-refractivity contribution in [2.24, 2.45) is 0 Å². The maximum Gasteiger partial charge on any atom is 0.471 e. The van der Waals surface area contributed by atoms with Crippen LogP contribution in [0.4, 0.5) is 13.2 Å². The van der Waals surface area contributed by atoms with Crippen LogP contribution in [0.5, 0.6) is 0 Å². The fourth-order valence-electron chi connectivity index (χ4n) is 1.07. The van der Waals surface area contributed by atoms with Crippen molar-refractivity contribution >= 4 is 27.6 Å². The van der Waals surface area contributed by atoms with Gasteiger partial charge in [-0.05, 0) is 13.8 Å². The molecule has 94 valence electrons. The Bertz CT molecular complexity index is 266. The van der Waals surface area contributed by atoms with Crippen molar-refractivity contribution in [2.75, 3.05) is 11.9 Å². The van der Waals surface area contributed by atoms with Crippen LogP contribution in [-0.4, -0.2) is 40.7 Å². The van der Waals surface area contributed by atoms with Crippen LogP contribution < -0.4 is 0 Å². The molecule has 0 aliphatic heterocycles. The molecule has 7 heteroatoms. The van der Waals surface area contributed by atoms with Crippen molar-refractivity contribution in [3.8, 4) is 0 Å². The Kier molecular flexibility index (Phi) is 5.99. The van der Waals surface area contributed by atoms with E-state index in [-0.39, 0.29) is 24.1 Å². The normalized spacial score (nSPS) is 11.7. The predicted octanol–water partition coefficient (Wildman–Crippen LogP) is 2.14. The number of hydrogen-bond acceptors (Lipinski definition) is 2. The molecule has 16 heavy (non-hydrogen) atoms. The van der Waals surface area contributed by atoms with Gasteiger partial charge in [-0.1, -0.05) is 15.9 Å². The zero-order chi connectivity index (χ0) is 12.9. The van der Waals surface area contributed by atoms with Gasteiger partial charge in [0.25, 0.3) is 0 Å². The van der Waals surface area contributed by atoms with Gasteiger partial charge in [-0.25, -0.2) is 0 Å². The summed E-state index contributed by atoms with van der Waals surface area (Å²) in [5, 5.41) is 0.0825. The Hall–Kier alpha value is -0.590. The fourth-order valence-corrected chi connectivity index (χ4v) is 1.35. The third-order valence-electron chi connectivity index (χ3n) is 1.91. The lowest BCUT2D eigenvalue weighted by Gasteiger charge is -2.27. The lowest BCUT2D eigenvalue weighted by Crippen LogP contribution is -2.45. The van der Waals surface area contributed by atoms with Gasteiger partial charge >= 0.3 is 12.1 Å². The minimum Gasteiger partial charge on any atom is -0.332 e. The topological polar surface area (TPSA) is 37.4 Å². The Morgan fingerprint density at radius 2 is 1.81 bits per heavy atom. The first-order valence-electron chi connectivity index (χ1n) is 4.65. The Morgan fingerprint density at radius 1 is 1.31 bits per heavy atom. The van der Waals surface area contributed by atoms with Crippen LogP contribution in [0.25, 0.3) is 0 Å². The highest BCUT2D eigenvalue weighted by Crippen LogP contribution is 2.20. The SMILES string of the molecule is CC(C)N(CCC(=O)CBr)C(=O)C(F)(F)F. The monoisotopic (exact) mass is 303 g/mol. The van der Waals surface area contributed by atoms with E-state index in [4.69, 9.17) is 0 Å². The molecule has 0 saturated heterocycles. The van der Waals surface area contributed by atoms with Gasteiger partial charge in [0, 0.05) is 19.0 Å². The third-order valence-corrected chi connectivity index (χ3v) is 2.53. The van der Waals surface area contributed by atoms with Crippen LogP contribution in [0.1, 0.15) is 20.3 Å². The molecule has 0 radical (unpaired) electrons. The largest absolute Gasteiger partial charge is 0.471 e. The van der Waals surface area contributed by atoms with Gasteiger partial charge in [-0.3, -0.25) is 9.59 Å². The molecule has 0 aromatic heterocycles. The predicted molar refractivity (Wildman–Crippen MR) is 56.3 cm³/mol. The summed E-state index contributed by atoms with van der Waals surface area (Å²) < 4.78 is 36.5. The van der Waals surface area contributed by atoms with Gasteiger partial charge in [0.2, 0.25) is 0 Å². The number of carbonyl (C=O) groups is 2. The van der Waals surface area contributed by atoms with Crippen molar-refractivity contribution in [1.29, 1.82) is 0 Å². The van der Waals surface area contributed by atoms with Crippen LogP contribution in [0.15, 0.2) is 0 Å². The molecule has 0 heterocycles. The molecule has 0 rings (SSSR count). The number of ketones is 1. The Balaban J connectivity index is 4.52. The van der Waals surface area contributed by atoms with E-state index in [9.17, 15) is 22.8 Å². The molecule has 1 amide bonds. The molecular formula is C9H13BrF3NO2. The zero-order valence-electron chi connectivity index (χ0n) is 8.97. The van der Waals surface area contributed by atoms with E-state index >= 15 is 0 Å².